The van der Waals surface area contributed by atoms with Gasteiger partial charge >= 0.3 is 0 Å². The number of carbonyl (C=O) groups excluding carboxylic acids is 2. The first-order valence-electron chi connectivity index (χ1n) is 9.96. The first kappa shape index (κ1) is 22.3. The van der Waals surface area contributed by atoms with E-state index in [0.29, 0.717) is 11.9 Å². The maximum absolute atomic E-state index is 12.5. The highest BCUT2D eigenvalue weighted by molar-refractivity contribution is 5.85. The summed E-state index contributed by atoms with van der Waals surface area (Å²) in [4.78, 5) is 32.2. The zero-order valence-electron chi connectivity index (χ0n) is 17.2. The van der Waals surface area contributed by atoms with Gasteiger partial charge < -0.3 is 20.4 Å². The Morgan fingerprint density at radius 2 is 1.77 bits per heavy atom. The molecule has 7 nitrogen and oxygen atoms in total. The van der Waals surface area contributed by atoms with E-state index in [1.807, 2.05) is 4.90 Å². The van der Waals surface area contributed by atoms with Gasteiger partial charge in [0.1, 0.15) is 6.54 Å². The highest BCUT2D eigenvalue weighted by atomic mass is 16.2. The molecule has 26 heavy (non-hydrogen) atoms. The van der Waals surface area contributed by atoms with E-state index in [1.165, 1.54) is 0 Å². The topological polar surface area (TPSA) is 77.0 Å². The quantitative estimate of drug-likeness (QED) is 0.503. The van der Waals surface area contributed by atoms with Crippen molar-refractivity contribution in [1.29, 1.82) is 0 Å². The Morgan fingerprint density at radius 1 is 1.15 bits per heavy atom. The van der Waals surface area contributed by atoms with Crippen molar-refractivity contribution >= 4 is 17.8 Å². The maximum Gasteiger partial charge on any atom is 0.243 e. The van der Waals surface area contributed by atoms with Crippen LogP contribution >= 0.6 is 0 Å². The van der Waals surface area contributed by atoms with E-state index in [1.54, 1.807) is 19.0 Å². The van der Waals surface area contributed by atoms with E-state index in [9.17, 15) is 9.59 Å². The van der Waals surface area contributed by atoms with Crippen LogP contribution in [0, 0.1) is 5.92 Å². The van der Waals surface area contributed by atoms with Crippen molar-refractivity contribution in [2.24, 2.45) is 10.9 Å². The number of likely N-dealkylation sites (tertiary alicyclic amines) is 1. The number of aliphatic imine (C=N–C) groups is 1. The van der Waals surface area contributed by atoms with Gasteiger partial charge in [-0.2, -0.15) is 0 Å². The standard InChI is InChI=1S/C19H37N5O2/c1-6-11-20-19(21-14-17(25)23(4)5)22-16-9-12-24(13-10-16)18(26)15(7-2)8-3/h15-16H,6-14H2,1-5H3,(H2,20,21,22). The lowest BCUT2D eigenvalue weighted by molar-refractivity contribution is -0.136. The average Bonchev–Trinajstić information content (AvgIpc) is 2.64. The molecule has 0 atom stereocenters. The smallest absolute Gasteiger partial charge is 0.243 e. The number of nitrogens with zero attached hydrogens (tertiary/aromatic N) is 3. The van der Waals surface area contributed by atoms with Crippen molar-refractivity contribution in [2.45, 2.75) is 58.9 Å². The molecular weight excluding hydrogens is 330 g/mol. The van der Waals surface area contributed by atoms with Crippen LogP contribution < -0.4 is 10.6 Å². The lowest BCUT2D eigenvalue weighted by atomic mass is 9.98. The molecule has 1 fully saturated rings. The third-order valence-electron chi connectivity index (χ3n) is 4.90. The van der Waals surface area contributed by atoms with Gasteiger partial charge in [0.25, 0.3) is 0 Å². The molecule has 1 aliphatic heterocycles. The van der Waals surface area contributed by atoms with Crippen LogP contribution in [0.3, 0.4) is 0 Å². The second-order valence-electron chi connectivity index (χ2n) is 7.14. The molecule has 1 saturated heterocycles. The summed E-state index contributed by atoms with van der Waals surface area (Å²) in [7, 11) is 3.47. The van der Waals surface area contributed by atoms with E-state index in [-0.39, 0.29) is 24.4 Å². The largest absolute Gasteiger partial charge is 0.356 e. The van der Waals surface area contributed by atoms with Crippen LogP contribution in [0.1, 0.15) is 52.9 Å². The maximum atomic E-state index is 12.5. The Kier molecular flexibility index (Phi) is 10.1. The molecule has 150 valence electrons. The summed E-state index contributed by atoms with van der Waals surface area (Å²) >= 11 is 0. The lowest BCUT2D eigenvalue weighted by Gasteiger charge is -2.35. The van der Waals surface area contributed by atoms with E-state index in [0.717, 1.165) is 51.7 Å². The summed E-state index contributed by atoms with van der Waals surface area (Å²) in [5.74, 6) is 1.11. The van der Waals surface area contributed by atoms with Crippen LogP contribution in [0.4, 0.5) is 0 Å². The fourth-order valence-electron chi connectivity index (χ4n) is 3.02. The van der Waals surface area contributed by atoms with E-state index in [4.69, 9.17) is 0 Å². The van der Waals surface area contributed by atoms with Gasteiger partial charge in [0.15, 0.2) is 5.96 Å². The van der Waals surface area contributed by atoms with Gasteiger partial charge in [0.05, 0.1) is 0 Å². The fraction of sp³-hybridized carbons (Fsp3) is 0.842. The first-order valence-corrected chi connectivity index (χ1v) is 9.96. The van der Waals surface area contributed by atoms with Gasteiger partial charge in [-0.25, -0.2) is 4.99 Å². The fourth-order valence-corrected chi connectivity index (χ4v) is 3.02. The van der Waals surface area contributed by atoms with Crippen molar-refractivity contribution in [1.82, 2.24) is 20.4 Å². The van der Waals surface area contributed by atoms with Gasteiger partial charge in [0, 0.05) is 45.7 Å². The van der Waals surface area contributed by atoms with Crippen molar-refractivity contribution < 1.29 is 9.59 Å². The first-order chi connectivity index (χ1) is 12.4. The highest BCUT2D eigenvalue weighted by Crippen LogP contribution is 2.17. The number of likely N-dealkylation sites (N-methyl/N-ethyl adjacent to an activating group) is 1. The summed E-state index contributed by atoms with van der Waals surface area (Å²) in [5, 5.41) is 6.70. The molecule has 0 aromatic rings. The van der Waals surface area contributed by atoms with E-state index < -0.39 is 0 Å². The summed E-state index contributed by atoms with van der Waals surface area (Å²) in [5.41, 5.74) is 0. The monoisotopic (exact) mass is 367 g/mol. The Hall–Kier alpha value is -1.79. The molecule has 0 spiro atoms. The van der Waals surface area contributed by atoms with Gasteiger partial charge in [-0.05, 0) is 32.1 Å². The van der Waals surface area contributed by atoms with Crippen molar-refractivity contribution in [3.05, 3.63) is 0 Å². The van der Waals surface area contributed by atoms with Crippen LogP contribution in [0.25, 0.3) is 0 Å². The lowest BCUT2D eigenvalue weighted by Crippen LogP contribution is -2.51. The Bertz CT molecular complexity index is 467. The third-order valence-corrected chi connectivity index (χ3v) is 4.90. The van der Waals surface area contributed by atoms with Gasteiger partial charge in [-0.15, -0.1) is 0 Å². The normalized spacial score (nSPS) is 15.9. The molecule has 1 aliphatic rings. The number of hydrogen-bond acceptors (Lipinski definition) is 3. The minimum Gasteiger partial charge on any atom is -0.356 e. The molecule has 0 unspecified atom stereocenters. The average molecular weight is 368 g/mol. The molecule has 0 bridgehead atoms. The second-order valence-corrected chi connectivity index (χ2v) is 7.14. The third kappa shape index (κ3) is 7.22. The van der Waals surface area contributed by atoms with Crippen LogP contribution in [-0.4, -0.2) is 73.9 Å². The van der Waals surface area contributed by atoms with Crippen molar-refractivity contribution in [2.75, 3.05) is 40.3 Å². The van der Waals surface area contributed by atoms with Crippen LogP contribution in [0.15, 0.2) is 4.99 Å². The van der Waals surface area contributed by atoms with E-state index >= 15 is 0 Å². The van der Waals surface area contributed by atoms with Gasteiger partial charge in [-0.3, -0.25) is 9.59 Å². The van der Waals surface area contributed by atoms with Crippen LogP contribution in [0.5, 0.6) is 0 Å². The molecule has 0 aliphatic carbocycles. The Morgan fingerprint density at radius 3 is 2.27 bits per heavy atom. The van der Waals surface area contributed by atoms with Crippen molar-refractivity contribution in [3.63, 3.8) is 0 Å². The predicted octanol–water partition coefficient (Wildman–Crippen LogP) is 1.45. The Balaban J connectivity index is 2.56. The molecular formula is C19H37N5O2. The minimum absolute atomic E-state index is 0.0202. The molecule has 0 aromatic carbocycles. The summed E-state index contributed by atoms with van der Waals surface area (Å²) in [6.45, 7) is 8.77. The summed E-state index contributed by atoms with van der Waals surface area (Å²) < 4.78 is 0. The number of piperidine rings is 1. The predicted molar refractivity (Wildman–Crippen MR) is 106 cm³/mol. The minimum atomic E-state index is -0.0202. The number of amides is 2. The Labute approximate surface area is 158 Å². The number of nitrogens with one attached hydrogen (secondary N) is 2. The molecule has 0 saturated carbocycles. The molecule has 1 rings (SSSR count). The van der Waals surface area contributed by atoms with Crippen molar-refractivity contribution in [3.8, 4) is 0 Å². The number of carbonyl (C=O) groups is 2. The van der Waals surface area contributed by atoms with Crippen LogP contribution in [0.2, 0.25) is 0 Å². The molecule has 2 N–H and O–H groups in total. The molecule has 1 heterocycles. The SMILES string of the molecule is CCCNC(=NCC(=O)N(C)C)NC1CCN(C(=O)C(CC)CC)CC1. The van der Waals surface area contributed by atoms with E-state index in [2.05, 4.69) is 36.4 Å². The van der Waals surface area contributed by atoms with Gasteiger partial charge in [0.2, 0.25) is 11.8 Å². The molecule has 2 amide bonds. The molecule has 7 heteroatoms. The zero-order chi connectivity index (χ0) is 19.5. The summed E-state index contributed by atoms with van der Waals surface area (Å²) in [6.07, 6.45) is 4.61. The number of rotatable bonds is 8. The molecule has 0 aromatic heterocycles. The number of guanidine groups is 1. The number of hydrogen-bond donors (Lipinski definition) is 2. The zero-order valence-corrected chi connectivity index (χ0v) is 17.2. The second kappa shape index (κ2) is 11.8. The van der Waals surface area contributed by atoms with Crippen LogP contribution in [-0.2, 0) is 9.59 Å². The highest BCUT2D eigenvalue weighted by Gasteiger charge is 2.26. The molecule has 0 radical (unpaired) electrons. The summed E-state index contributed by atoms with van der Waals surface area (Å²) in [6, 6.07) is 0.276. The van der Waals surface area contributed by atoms with Gasteiger partial charge in [-0.1, -0.05) is 20.8 Å².